The molecule has 0 radical (unpaired) electrons. The molecule has 1 aromatic rings. The van der Waals surface area contributed by atoms with Crippen molar-refractivity contribution < 1.29 is 8.42 Å². The molecule has 0 unspecified atom stereocenters. The summed E-state index contributed by atoms with van der Waals surface area (Å²) in [5, 5.41) is 0. The lowest BCUT2D eigenvalue weighted by Crippen LogP contribution is -2.36. The summed E-state index contributed by atoms with van der Waals surface area (Å²) in [5.74, 6) is -0.0970. The number of rotatable bonds is 5. The molecule has 0 aliphatic heterocycles. The van der Waals surface area contributed by atoms with Crippen LogP contribution in [0.4, 0.5) is 5.69 Å². The summed E-state index contributed by atoms with van der Waals surface area (Å²) in [6.07, 6.45) is 1.84. The van der Waals surface area contributed by atoms with E-state index in [2.05, 4.69) is 9.71 Å². The van der Waals surface area contributed by atoms with Crippen molar-refractivity contribution in [2.45, 2.75) is 24.7 Å². The van der Waals surface area contributed by atoms with Crippen LogP contribution in [0.2, 0.25) is 0 Å². The van der Waals surface area contributed by atoms with Crippen molar-refractivity contribution in [2.24, 2.45) is 10.7 Å². The molecule has 18 heavy (non-hydrogen) atoms. The average Bonchev–Trinajstić information content (AvgIpc) is 2.29. The van der Waals surface area contributed by atoms with E-state index in [4.69, 9.17) is 11.5 Å². The topological polar surface area (TPSA) is 111 Å². The standard InChI is InChI=1S/C11H18N4O2S/c1-2-3-8-14-11(13)15-18(16,17)10-6-4-9(12)5-7-10/h4-7H,2-3,8,12H2,1H3,(H3,13,14,15). The van der Waals surface area contributed by atoms with E-state index in [-0.39, 0.29) is 10.9 Å². The first kappa shape index (κ1) is 14.3. The Labute approximate surface area is 107 Å². The normalized spacial score (nSPS) is 12.4. The Hall–Kier alpha value is -1.76. The number of anilines is 1. The van der Waals surface area contributed by atoms with Crippen molar-refractivity contribution in [3.05, 3.63) is 24.3 Å². The molecule has 0 heterocycles. The Morgan fingerprint density at radius 1 is 1.33 bits per heavy atom. The summed E-state index contributed by atoms with van der Waals surface area (Å²) < 4.78 is 26.0. The van der Waals surface area contributed by atoms with Gasteiger partial charge in [-0.3, -0.25) is 4.99 Å². The Morgan fingerprint density at radius 3 is 2.50 bits per heavy atom. The minimum Gasteiger partial charge on any atom is -0.399 e. The zero-order valence-electron chi connectivity index (χ0n) is 10.3. The first-order valence-electron chi connectivity index (χ1n) is 5.64. The van der Waals surface area contributed by atoms with Crippen molar-refractivity contribution in [1.82, 2.24) is 4.72 Å². The Kier molecular flexibility index (Phi) is 4.96. The minimum atomic E-state index is -3.67. The number of aliphatic imine (C=N–C) groups is 1. The van der Waals surface area contributed by atoms with Gasteiger partial charge in [-0.1, -0.05) is 13.3 Å². The van der Waals surface area contributed by atoms with Crippen LogP contribution < -0.4 is 16.2 Å². The second kappa shape index (κ2) is 6.25. The van der Waals surface area contributed by atoms with Crippen LogP contribution in [0.25, 0.3) is 0 Å². The molecular weight excluding hydrogens is 252 g/mol. The van der Waals surface area contributed by atoms with Gasteiger partial charge in [-0.15, -0.1) is 0 Å². The van der Waals surface area contributed by atoms with Crippen LogP contribution in [-0.2, 0) is 10.0 Å². The van der Waals surface area contributed by atoms with Gasteiger partial charge in [0, 0.05) is 12.2 Å². The van der Waals surface area contributed by atoms with Crippen molar-refractivity contribution in [2.75, 3.05) is 12.3 Å². The first-order chi connectivity index (χ1) is 8.45. The number of sulfonamides is 1. The highest BCUT2D eigenvalue weighted by molar-refractivity contribution is 7.90. The number of guanidine groups is 1. The van der Waals surface area contributed by atoms with Gasteiger partial charge < -0.3 is 11.5 Å². The van der Waals surface area contributed by atoms with Crippen LogP contribution in [0.5, 0.6) is 0 Å². The Balaban J connectivity index is 2.76. The van der Waals surface area contributed by atoms with E-state index < -0.39 is 10.0 Å². The van der Waals surface area contributed by atoms with Crippen LogP contribution in [-0.4, -0.2) is 20.9 Å². The molecule has 1 rings (SSSR count). The summed E-state index contributed by atoms with van der Waals surface area (Å²) in [4.78, 5) is 4.02. The number of nitrogen functional groups attached to an aromatic ring is 1. The lowest BCUT2D eigenvalue weighted by atomic mass is 10.3. The number of nitrogens with one attached hydrogen (secondary N) is 1. The molecule has 0 bridgehead atoms. The molecule has 1 aromatic carbocycles. The molecule has 5 N–H and O–H groups in total. The minimum absolute atomic E-state index is 0.0970. The summed E-state index contributed by atoms with van der Waals surface area (Å²) in [5.41, 5.74) is 11.5. The van der Waals surface area contributed by atoms with E-state index in [0.29, 0.717) is 12.2 Å². The maximum Gasteiger partial charge on any atom is 0.264 e. The zero-order chi connectivity index (χ0) is 13.6. The summed E-state index contributed by atoms with van der Waals surface area (Å²) in [6.45, 7) is 2.52. The molecule has 0 fully saturated rings. The van der Waals surface area contributed by atoms with Crippen LogP contribution in [0.1, 0.15) is 19.8 Å². The van der Waals surface area contributed by atoms with Gasteiger partial charge in [0.1, 0.15) is 0 Å². The third-order valence-electron chi connectivity index (χ3n) is 2.22. The molecule has 0 amide bonds. The highest BCUT2D eigenvalue weighted by Gasteiger charge is 2.14. The van der Waals surface area contributed by atoms with E-state index in [1.54, 1.807) is 0 Å². The number of hydrogen-bond acceptors (Lipinski definition) is 4. The lowest BCUT2D eigenvalue weighted by molar-refractivity contribution is 0.592. The van der Waals surface area contributed by atoms with Gasteiger partial charge in [0.05, 0.1) is 4.90 Å². The van der Waals surface area contributed by atoms with Crippen molar-refractivity contribution >= 4 is 21.7 Å². The van der Waals surface area contributed by atoms with E-state index in [0.717, 1.165) is 12.8 Å². The van der Waals surface area contributed by atoms with Gasteiger partial charge in [-0.2, -0.15) is 0 Å². The molecule has 7 heteroatoms. The van der Waals surface area contributed by atoms with Gasteiger partial charge in [0.2, 0.25) is 5.96 Å². The zero-order valence-corrected chi connectivity index (χ0v) is 11.1. The molecule has 0 atom stereocenters. The predicted octanol–water partition coefficient (Wildman–Crippen LogP) is 0.662. The molecule has 6 nitrogen and oxygen atoms in total. The van der Waals surface area contributed by atoms with Gasteiger partial charge in [0.25, 0.3) is 10.0 Å². The van der Waals surface area contributed by atoms with Crippen LogP contribution in [0.3, 0.4) is 0 Å². The average molecular weight is 270 g/mol. The van der Waals surface area contributed by atoms with E-state index in [1.807, 2.05) is 6.92 Å². The van der Waals surface area contributed by atoms with Gasteiger partial charge >= 0.3 is 0 Å². The van der Waals surface area contributed by atoms with Crippen LogP contribution in [0.15, 0.2) is 34.2 Å². The van der Waals surface area contributed by atoms with Crippen LogP contribution >= 0.6 is 0 Å². The largest absolute Gasteiger partial charge is 0.399 e. The van der Waals surface area contributed by atoms with E-state index in [9.17, 15) is 8.42 Å². The number of unbranched alkanes of at least 4 members (excludes halogenated alkanes) is 1. The molecular formula is C11H18N4O2S. The third-order valence-corrected chi connectivity index (χ3v) is 3.59. The second-order valence-electron chi connectivity index (χ2n) is 3.80. The number of nitrogens with zero attached hydrogens (tertiary/aromatic N) is 1. The summed E-state index contributed by atoms with van der Waals surface area (Å²) in [7, 11) is -3.67. The quantitative estimate of drug-likeness (QED) is 0.316. The summed E-state index contributed by atoms with van der Waals surface area (Å²) >= 11 is 0. The van der Waals surface area contributed by atoms with Crippen molar-refractivity contribution in [3.8, 4) is 0 Å². The lowest BCUT2D eigenvalue weighted by Gasteiger charge is -2.07. The molecule has 0 saturated carbocycles. The molecule has 100 valence electrons. The highest BCUT2D eigenvalue weighted by Crippen LogP contribution is 2.10. The molecule has 0 aliphatic carbocycles. The monoisotopic (exact) mass is 270 g/mol. The van der Waals surface area contributed by atoms with Crippen molar-refractivity contribution in [3.63, 3.8) is 0 Å². The van der Waals surface area contributed by atoms with Gasteiger partial charge in [-0.05, 0) is 30.7 Å². The van der Waals surface area contributed by atoms with E-state index in [1.165, 1.54) is 24.3 Å². The number of benzene rings is 1. The second-order valence-corrected chi connectivity index (χ2v) is 5.48. The molecule has 0 saturated heterocycles. The summed E-state index contributed by atoms with van der Waals surface area (Å²) in [6, 6.07) is 5.85. The van der Waals surface area contributed by atoms with Crippen molar-refractivity contribution in [1.29, 1.82) is 0 Å². The SMILES string of the molecule is CCCCN=C(N)NS(=O)(=O)c1ccc(N)cc1. The smallest absolute Gasteiger partial charge is 0.264 e. The highest BCUT2D eigenvalue weighted by atomic mass is 32.2. The fourth-order valence-corrected chi connectivity index (χ4v) is 2.19. The third kappa shape index (κ3) is 4.25. The Morgan fingerprint density at radius 2 is 1.94 bits per heavy atom. The molecule has 0 aliphatic rings. The predicted molar refractivity (Wildman–Crippen MR) is 72.6 cm³/mol. The van der Waals surface area contributed by atoms with Crippen LogP contribution in [0, 0.1) is 0 Å². The fourth-order valence-electron chi connectivity index (χ4n) is 1.23. The number of hydrogen-bond donors (Lipinski definition) is 3. The number of nitrogens with two attached hydrogens (primary N) is 2. The van der Waals surface area contributed by atoms with Gasteiger partial charge in [-0.25, -0.2) is 13.1 Å². The molecule has 0 spiro atoms. The van der Waals surface area contributed by atoms with Gasteiger partial charge in [0.15, 0.2) is 0 Å². The van der Waals surface area contributed by atoms with E-state index >= 15 is 0 Å². The first-order valence-corrected chi connectivity index (χ1v) is 7.12. The maximum absolute atomic E-state index is 11.9. The fraction of sp³-hybridized carbons (Fsp3) is 0.364. The maximum atomic E-state index is 11.9. The molecule has 0 aromatic heterocycles. The Bertz CT molecular complexity index is 508.